The average Bonchev–Trinajstić information content (AvgIpc) is 3.41. The fourth-order valence-corrected chi connectivity index (χ4v) is 3.57. The van der Waals surface area contributed by atoms with Crippen molar-refractivity contribution in [3.05, 3.63) is 59.2 Å². The molecule has 0 radical (unpaired) electrons. The van der Waals surface area contributed by atoms with Gasteiger partial charge in [-0.1, -0.05) is 24.3 Å². The maximum Gasteiger partial charge on any atom is 0.274 e. The number of rotatable bonds is 3. The molecule has 1 aromatic carbocycles. The molecule has 0 spiro atoms. The van der Waals surface area contributed by atoms with Crippen LogP contribution < -0.4 is 0 Å². The number of aromatic nitrogens is 2. The van der Waals surface area contributed by atoms with Gasteiger partial charge in [-0.15, -0.1) is 0 Å². The van der Waals surface area contributed by atoms with Crippen molar-refractivity contribution < 1.29 is 4.79 Å². The van der Waals surface area contributed by atoms with Gasteiger partial charge in [-0.25, -0.2) is 4.98 Å². The molecular weight excluding hydrogens is 286 g/mol. The van der Waals surface area contributed by atoms with E-state index < -0.39 is 0 Å². The van der Waals surface area contributed by atoms with Crippen LogP contribution in [-0.4, -0.2) is 26.8 Å². The van der Waals surface area contributed by atoms with Crippen LogP contribution in [0.25, 0.3) is 0 Å². The minimum atomic E-state index is 0.0294. The fraction of sp³-hybridized carbons (Fsp3) is 0.421. The first-order chi connectivity index (χ1) is 11.2. The molecule has 1 amide bonds. The highest BCUT2D eigenvalue weighted by molar-refractivity contribution is 5.92. The van der Waals surface area contributed by atoms with Crippen molar-refractivity contribution >= 4 is 5.91 Å². The molecule has 0 unspecified atom stereocenters. The van der Waals surface area contributed by atoms with Gasteiger partial charge in [0.05, 0.1) is 17.9 Å². The highest BCUT2D eigenvalue weighted by Gasteiger charge is 2.40. The Morgan fingerprint density at radius 2 is 1.96 bits per heavy atom. The Kier molecular flexibility index (Phi) is 3.60. The van der Waals surface area contributed by atoms with E-state index in [1.807, 2.05) is 6.92 Å². The predicted octanol–water partition coefficient (Wildman–Crippen LogP) is 3.47. The van der Waals surface area contributed by atoms with E-state index in [-0.39, 0.29) is 11.9 Å². The van der Waals surface area contributed by atoms with Crippen molar-refractivity contribution in [2.75, 3.05) is 0 Å². The van der Waals surface area contributed by atoms with Crippen LogP contribution in [0.5, 0.6) is 0 Å². The van der Waals surface area contributed by atoms with Crippen LogP contribution in [0.2, 0.25) is 0 Å². The number of hydrogen-bond donors (Lipinski definition) is 0. The van der Waals surface area contributed by atoms with Crippen molar-refractivity contribution in [2.24, 2.45) is 0 Å². The largest absolute Gasteiger partial charge is 0.327 e. The third-order valence-corrected chi connectivity index (χ3v) is 4.85. The summed E-state index contributed by atoms with van der Waals surface area (Å²) in [6.07, 6.45) is 8.78. The molecule has 0 bridgehead atoms. The Morgan fingerprint density at radius 1 is 1.13 bits per heavy atom. The summed E-state index contributed by atoms with van der Waals surface area (Å²) in [6.45, 7) is 1.89. The van der Waals surface area contributed by atoms with E-state index in [0.717, 1.165) is 37.8 Å². The van der Waals surface area contributed by atoms with Crippen LogP contribution in [0.4, 0.5) is 0 Å². The molecule has 2 aliphatic carbocycles. The van der Waals surface area contributed by atoms with E-state index >= 15 is 0 Å². The minimum Gasteiger partial charge on any atom is -0.327 e. The smallest absolute Gasteiger partial charge is 0.274 e. The van der Waals surface area contributed by atoms with Gasteiger partial charge in [-0.3, -0.25) is 9.78 Å². The number of nitrogens with zero attached hydrogens (tertiary/aromatic N) is 3. The van der Waals surface area contributed by atoms with Gasteiger partial charge in [0.15, 0.2) is 0 Å². The molecule has 0 saturated heterocycles. The van der Waals surface area contributed by atoms with Crippen molar-refractivity contribution in [3.63, 3.8) is 0 Å². The first kappa shape index (κ1) is 14.4. The molecule has 118 valence electrons. The second-order valence-electron chi connectivity index (χ2n) is 6.59. The molecule has 1 aromatic heterocycles. The van der Waals surface area contributed by atoms with Gasteiger partial charge >= 0.3 is 0 Å². The van der Waals surface area contributed by atoms with E-state index in [1.165, 1.54) is 11.1 Å². The Hall–Kier alpha value is -2.23. The van der Waals surface area contributed by atoms with Crippen molar-refractivity contribution in [1.29, 1.82) is 0 Å². The van der Waals surface area contributed by atoms with Crippen LogP contribution in [-0.2, 0) is 6.42 Å². The van der Waals surface area contributed by atoms with Gasteiger partial charge in [0, 0.05) is 12.2 Å². The molecule has 2 aromatic rings. The van der Waals surface area contributed by atoms with Crippen LogP contribution in [0.15, 0.2) is 36.7 Å². The van der Waals surface area contributed by atoms with Gasteiger partial charge in [0.1, 0.15) is 5.69 Å². The third kappa shape index (κ3) is 2.74. The summed E-state index contributed by atoms with van der Waals surface area (Å²) < 4.78 is 0. The summed E-state index contributed by atoms with van der Waals surface area (Å²) in [4.78, 5) is 23.7. The summed E-state index contributed by atoms with van der Waals surface area (Å²) in [7, 11) is 0. The summed E-state index contributed by atoms with van der Waals surface area (Å²) in [5.74, 6) is 0.0294. The number of carbonyl (C=O) groups is 1. The molecule has 1 saturated carbocycles. The first-order valence-electron chi connectivity index (χ1n) is 8.43. The number of carbonyl (C=O) groups excluding carboxylic acids is 1. The number of fused-ring (bicyclic) bond motifs is 1. The highest BCUT2D eigenvalue weighted by Crippen LogP contribution is 2.41. The maximum atomic E-state index is 13.1. The Balaban J connectivity index is 1.69. The van der Waals surface area contributed by atoms with Gasteiger partial charge in [-0.05, 0) is 50.2 Å². The van der Waals surface area contributed by atoms with Gasteiger partial charge in [0.2, 0.25) is 0 Å². The molecule has 1 fully saturated rings. The second kappa shape index (κ2) is 5.76. The lowest BCUT2D eigenvalue weighted by Gasteiger charge is -2.36. The standard InChI is InChI=1S/C19H21N3O/c1-13-11-21-17(12-20-13)19(23)22(15-9-10-15)18-8-4-6-14-5-2-3-7-16(14)18/h2-3,5,7,11-12,15,18H,4,6,8-10H2,1H3/t18-/m1/s1. The third-order valence-electron chi connectivity index (χ3n) is 4.85. The SMILES string of the molecule is Cc1cnc(C(=O)N(C2CC2)[C@@H]2CCCc3ccccc32)cn1. The van der Waals surface area contributed by atoms with Crippen molar-refractivity contribution in [1.82, 2.24) is 14.9 Å². The van der Waals surface area contributed by atoms with Crippen molar-refractivity contribution in [3.8, 4) is 0 Å². The molecule has 4 nitrogen and oxygen atoms in total. The monoisotopic (exact) mass is 307 g/mol. The molecular formula is C19H21N3O. The van der Waals surface area contributed by atoms with Crippen LogP contribution in [0.1, 0.15) is 59.0 Å². The zero-order valence-corrected chi connectivity index (χ0v) is 13.4. The zero-order chi connectivity index (χ0) is 15.8. The lowest BCUT2D eigenvalue weighted by molar-refractivity contribution is 0.0631. The van der Waals surface area contributed by atoms with E-state index in [4.69, 9.17) is 0 Å². The first-order valence-corrected chi connectivity index (χ1v) is 8.43. The molecule has 1 heterocycles. The van der Waals surface area contributed by atoms with Crippen molar-refractivity contribution in [2.45, 2.75) is 51.1 Å². The lowest BCUT2D eigenvalue weighted by atomic mass is 9.86. The zero-order valence-electron chi connectivity index (χ0n) is 13.4. The van der Waals surface area contributed by atoms with E-state index in [2.05, 4.69) is 39.1 Å². The summed E-state index contributed by atoms with van der Waals surface area (Å²) >= 11 is 0. The summed E-state index contributed by atoms with van der Waals surface area (Å²) in [6, 6.07) is 9.10. The van der Waals surface area contributed by atoms with E-state index in [9.17, 15) is 4.79 Å². The number of aryl methyl sites for hydroxylation is 2. The second-order valence-corrected chi connectivity index (χ2v) is 6.59. The Bertz CT molecular complexity index is 722. The predicted molar refractivity (Wildman–Crippen MR) is 88.1 cm³/mol. The quantitative estimate of drug-likeness (QED) is 0.872. The molecule has 23 heavy (non-hydrogen) atoms. The highest BCUT2D eigenvalue weighted by atomic mass is 16.2. The normalized spacial score (nSPS) is 20.0. The van der Waals surface area contributed by atoms with E-state index in [1.54, 1.807) is 12.4 Å². The molecule has 4 heteroatoms. The Morgan fingerprint density at radius 3 is 2.70 bits per heavy atom. The number of amides is 1. The minimum absolute atomic E-state index is 0.0294. The molecule has 0 aliphatic heterocycles. The summed E-state index contributed by atoms with van der Waals surface area (Å²) in [5, 5.41) is 0. The van der Waals surface area contributed by atoms with Crippen LogP contribution in [0.3, 0.4) is 0 Å². The van der Waals surface area contributed by atoms with E-state index in [0.29, 0.717) is 11.7 Å². The molecule has 4 rings (SSSR count). The molecule has 2 aliphatic rings. The van der Waals surface area contributed by atoms with Gasteiger partial charge in [-0.2, -0.15) is 0 Å². The fourth-order valence-electron chi connectivity index (χ4n) is 3.57. The summed E-state index contributed by atoms with van der Waals surface area (Å²) in [5.41, 5.74) is 4.00. The average molecular weight is 307 g/mol. The molecule has 0 N–H and O–H groups in total. The lowest BCUT2D eigenvalue weighted by Crippen LogP contribution is -2.38. The molecule has 1 atom stereocenters. The maximum absolute atomic E-state index is 13.1. The topological polar surface area (TPSA) is 46.1 Å². The van der Waals surface area contributed by atoms with Crippen LogP contribution >= 0.6 is 0 Å². The van der Waals surface area contributed by atoms with Crippen LogP contribution in [0, 0.1) is 6.92 Å². The van der Waals surface area contributed by atoms with Gasteiger partial charge in [0.25, 0.3) is 5.91 Å². The number of benzene rings is 1. The number of hydrogen-bond acceptors (Lipinski definition) is 3. The van der Waals surface area contributed by atoms with Gasteiger partial charge < -0.3 is 4.90 Å². The Labute approximate surface area is 136 Å².